The fraction of sp³-hybridized carbons (Fsp3) is 0.556. The third-order valence-electron chi connectivity index (χ3n) is 4.72. The van der Waals surface area contributed by atoms with E-state index in [1.807, 2.05) is 6.92 Å². The monoisotopic (exact) mass is 381 g/mol. The molecule has 0 saturated carbocycles. The number of nitro groups is 1. The molecule has 1 N–H and O–H groups in total. The van der Waals surface area contributed by atoms with Crippen molar-refractivity contribution in [2.24, 2.45) is 11.8 Å². The number of carbonyl (C=O) groups is 2. The third kappa shape index (κ3) is 4.61. The van der Waals surface area contributed by atoms with Crippen LogP contribution in [-0.4, -0.2) is 40.3 Å². The third-order valence-corrected chi connectivity index (χ3v) is 4.72. The van der Waals surface area contributed by atoms with Crippen molar-refractivity contribution in [2.45, 2.75) is 52.8 Å². The second kappa shape index (κ2) is 8.45. The molecule has 0 radical (unpaired) electrons. The number of aliphatic hydroxyl groups is 1. The molecule has 0 unspecified atom stereocenters. The highest BCUT2D eigenvalue weighted by Crippen LogP contribution is 2.37. The summed E-state index contributed by atoms with van der Waals surface area (Å²) in [6, 6.07) is 4.00. The maximum atomic E-state index is 11.9. The maximum absolute atomic E-state index is 11.9. The van der Waals surface area contributed by atoms with E-state index in [-0.39, 0.29) is 35.7 Å². The number of benzene rings is 1. The van der Waals surface area contributed by atoms with Crippen LogP contribution in [0.2, 0.25) is 0 Å². The topological polar surface area (TPSA) is 125 Å². The van der Waals surface area contributed by atoms with Gasteiger partial charge in [-0.25, -0.2) is 0 Å². The summed E-state index contributed by atoms with van der Waals surface area (Å²) >= 11 is 0. The Balaban J connectivity index is 2.38. The number of carbonyl (C=O) groups excluding carboxylic acids is 2. The molecule has 1 heterocycles. The standard InChI is InChI=1S/C18H23NO8/c1-9-10(2)17(25-12(4)22)18(27-16(9)11(3)21)26-15-6-5-13(8-20)7-14(15)19(23)24/h5-7,9-10,16-18,20H,8H2,1-4H3/t9-,10-,16-,17+,18+/m0/s1. The van der Waals surface area contributed by atoms with Crippen molar-refractivity contribution in [2.75, 3.05) is 0 Å². The highest BCUT2D eigenvalue weighted by molar-refractivity contribution is 5.81. The van der Waals surface area contributed by atoms with Crippen LogP contribution < -0.4 is 4.74 Å². The van der Waals surface area contributed by atoms with E-state index >= 15 is 0 Å². The smallest absolute Gasteiger partial charge is 0.311 e. The first-order valence-electron chi connectivity index (χ1n) is 8.53. The van der Waals surface area contributed by atoms with Crippen LogP contribution in [0.4, 0.5) is 5.69 Å². The molecule has 1 fully saturated rings. The van der Waals surface area contributed by atoms with E-state index in [4.69, 9.17) is 14.2 Å². The van der Waals surface area contributed by atoms with Gasteiger partial charge in [-0.3, -0.25) is 19.7 Å². The molecule has 1 aliphatic heterocycles. The molecule has 1 saturated heterocycles. The molecule has 0 aliphatic carbocycles. The predicted octanol–water partition coefficient (Wildman–Crippen LogP) is 1.98. The predicted molar refractivity (Wildman–Crippen MR) is 92.9 cm³/mol. The second-order valence-electron chi connectivity index (χ2n) is 6.66. The van der Waals surface area contributed by atoms with Crippen LogP contribution in [0.15, 0.2) is 18.2 Å². The van der Waals surface area contributed by atoms with Crippen LogP contribution in [-0.2, 0) is 25.7 Å². The average Bonchev–Trinajstić information content (AvgIpc) is 2.60. The second-order valence-corrected chi connectivity index (χ2v) is 6.66. The summed E-state index contributed by atoms with van der Waals surface area (Å²) in [6.07, 6.45) is -2.81. The number of rotatable bonds is 6. The molecule has 0 bridgehead atoms. The lowest BCUT2D eigenvalue weighted by Gasteiger charge is -2.42. The molecule has 9 nitrogen and oxygen atoms in total. The minimum absolute atomic E-state index is 0.108. The van der Waals surface area contributed by atoms with Gasteiger partial charge in [0.2, 0.25) is 6.29 Å². The van der Waals surface area contributed by atoms with Gasteiger partial charge in [0.25, 0.3) is 0 Å². The molecule has 148 valence electrons. The van der Waals surface area contributed by atoms with Crippen LogP contribution in [0.1, 0.15) is 33.3 Å². The Morgan fingerprint density at radius 3 is 2.44 bits per heavy atom. The zero-order valence-electron chi connectivity index (χ0n) is 15.6. The molecule has 5 atom stereocenters. The SMILES string of the molecule is CC(=O)O[C@H]1[C@H](Oc2ccc(CO)cc2[N+](=O)[O-])O[C@H](C(C)=O)[C@@H](C)[C@@H]1C. The van der Waals surface area contributed by atoms with Crippen molar-refractivity contribution in [1.82, 2.24) is 0 Å². The van der Waals surface area contributed by atoms with Crippen LogP contribution >= 0.6 is 0 Å². The molecule has 0 aromatic heterocycles. The van der Waals surface area contributed by atoms with Gasteiger partial charge in [0.1, 0.15) is 6.10 Å². The van der Waals surface area contributed by atoms with E-state index in [2.05, 4.69) is 0 Å². The van der Waals surface area contributed by atoms with Gasteiger partial charge in [0.05, 0.1) is 11.5 Å². The molecule has 0 amide bonds. The fourth-order valence-corrected chi connectivity index (χ4v) is 3.11. The molecule has 1 aliphatic rings. The minimum atomic E-state index is -1.19. The Labute approximate surface area is 156 Å². The Kier molecular flexibility index (Phi) is 6.50. The van der Waals surface area contributed by atoms with Gasteiger partial charge in [0, 0.05) is 18.9 Å². The molecule has 27 heavy (non-hydrogen) atoms. The Hall–Kier alpha value is -2.52. The Bertz CT molecular complexity index is 734. The van der Waals surface area contributed by atoms with Gasteiger partial charge in [0.15, 0.2) is 17.6 Å². The van der Waals surface area contributed by atoms with E-state index in [9.17, 15) is 24.8 Å². The first-order valence-corrected chi connectivity index (χ1v) is 8.53. The highest BCUT2D eigenvalue weighted by Gasteiger charge is 2.46. The maximum Gasteiger partial charge on any atom is 0.311 e. The van der Waals surface area contributed by atoms with Crippen molar-refractivity contribution in [1.29, 1.82) is 0 Å². The van der Waals surface area contributed by atoms with Crippen molar-refractivity contribution < 1.29 is 33.8 Å². The molecule has 2 rings (SSSR count). The van der Waals surface area contributed by atoms with E-state index in [1.54, 1.807) is 6.92 Å². The van der Waals surface area contributed by atoms with Gasteiger partial charge >= 0.3 is 11.7 Å². The summed E-state index contributed by atoms with van der Waals surface area (Å²) in [5.74, 6) is -1.39. The summed E-state index contributed by atoms with van der Waals surface area (Å²) in [4.78, 5) is 34.1. The van der Waals surface area contributed by atoms with Crippen molar-refractivity contribution in [3.05, 3.63) is 33.9 Å². The Morgan fingerprint density at radius 2 is 1.93 bits per heavy atom. The van der Waals surface area contributed by atoms with Gasteiger partial charge in [-0.15, -0.1) is 0 Å². The average molecular weight is 381 g/mol. The lowest BCUT2D eigenvalue weighted by atomic mass is 9.82. The molecular weight excluding hydrogens is 358 g/mol. The number of hydrogen-bond donors (Lipinski definition) is 1. The minimum Gasteiger partial charge on any atom is -0.456 e. The van der Waals surface area contributed by atoms with Crippen molar-refractivity contribution >= 4 is 17.4 Å². The highest BCUT2D eigenvalue weighted by atomic mass is 16.7. The largest absolute Gasteiger partial charge is 0.456 e. The normalized spacial score (nSPS) is 27.7. The number of aliphatic hydroxyl groups excluding tert-OH is 1. The molecule has 1 aromatic rings. The molecule has 0 spiro atoms. The van der Waals surface area contributed by atoms with Crippen LogP contribution in [0, 0.1) is 22.0 Å². The molecular formula is C18H23NO8. The zero-order valence-corrected chi connectivity index (χ0v) is 15.6. The van der Waals surface area contributed by atoms with Crippen LogP contribution in [0.25, 0.3) is 0 Å². The van der Waals surface area contributed by atoms with E-state index in [0.29, 0.717) is 5.56 Å². The van der Waals surface area contributed by atoms with Crippen LogP contribution in [0.5, 0.6) is 5.75 Å². The number of Topliss-reactive ketones (excluding diaryl/α,β-unsaturated/α-hetero) is 1. The lowest BCUT2D eigenvalue weighted by molar-refractivity contribution is -0.386. The lowest BCUT2D eigenvalue weighted by Crippen LogP contribution is -2.55. The zero-order chi connectivity index (χ0) is 20.3. The quantitative estimate of drug-likeness (QED) is 0.450. The summed E-state index contributed by atoms with van der Waals surface area (Å²) < 4.78 is 16.7. The van der Waals surface area contributed by atoms with Crippen molar-refractivity contribution in [3.63, 3.8) is 0 Å². The summed E-state index contributed by atoms with van der Waals surface area (Å²) in [6.45, 7) is 5.87. The first kappa shape index (κ1) is 20.8. The summed E-state index contributed by atoms with van der Waals surface area (Å²) in [7, 11) is 0. The van der Waals surface area contributed by atoms with E-state index in [1.165, 1.54) is 32.0 Å². The van der Waals surface area contributed by atoms with Crippen molar-refractivity contribution in [3.8, 4) is 5.75 Å². The molecule has 1 aromatic carbocycles. The van der Waals surface area contributed by atoms with E-state index < -0.39 is 29.4 Å². The number of esters is 1. The summed E-state index contributed by atoms with van der Waals surface area (Å²) in [5.41, 5.74) is -0.0175. The van der Waals surface area contributed by atoms with E-state index in [0.717, 1.165) is 0 Å². The van der Waals surface area contributed by atoms with Crippen LogP contribution in [0.3, 0.4) is 0 Å². The van der Waals surface area contributed by atoms with Gasteiger partial charge < -0.3 is 19.3 Å². The van der Waals surface area contributed by atoms with Gasteiger partial charge in [-0.2, -0.15) is 0 Å². The number of hydrogen-bond acceptors (Lipinski definition) is 8. The number of ether oxygens (including phenoxy) is 3. The number of nitrogens with zero attached hydrogens (tertiary/aromatic N) is 1. The molecule has 9 heteroatoms. The fourth-order valence-electron chi connectivity index (χ4n) is 3.11. The van der Waals surface area contributed by atoms with Gasteiger partial charge in [-0.05, 0) is 24.5 Å². The number of ketones is 1. The Morgan fingerprint density at radius 1 is 1.26 bits per heavy atom. The van der Waals surface area contributed by atoms with Gasteiger partial charge in [-0.1, -0.05) is 19.9 Å². The summed E-state index contributed by atoms with van der Waals surface area (Å²) in [5, 5.41) is 20.5. The number of nitro benzene ring substituents is 1. The first-order chi connectivity index (χ1) is 12.6.